The Bertz CT molecular complexity index is 418. The Kier molecular flexibility index (Phi) is 1.59. The van der Waals surface area contributed by atoms with Crippen molar-refractivity contribution in [3.05, 3.63) is 34.8 Å². The van der Waals surface area contributed by atoms with E-state index >= 15 is 0 Å². The maximum atomic E-state index is 10.3. The van der Waals surface area contributed by atoms with Gasteiger partial charge in [0, 0.05) is 0 Å². The van der Waals surface area contributed by atoms with Crippen LogP contribution in [0.5, 0.6) is 0 Å². The average molecular weight is 179 g/mol. The second-order valence-corrected chi connectivity index (χ2v) is 2.36. The van der Waals surface area contributed by atoms with Crippen molar-refractivity contribution < 1.29 is 9.34 Å². The van der Waals surface area contributed by atoms with Gasteiger partial charge in [0.1, 0.15) is 10.6 Å². The van der Waals surface area contributed by atoms with Crippen molar-refractivity contribution in [1.82, 2.24) is 9.97 Å². The van der Waals surface area contributed by atoms with E-state index in [0.717, 1.165) is 0 Å². The van der Waals surface area contributed by atoms with Crippen molar-refractivity contribution in [2.24, 2.45) is 0 Å². The van der Waals surface area contributed by atoms with Gasteiger partial charge >= 0.3 is 5.88 Å². The van der Waals surface area contributed by atoms with Gasteiger partial charge in [0.25, 0.3) is 0 Å². The van der Waals surface area contributed by atoms with Crippen LogP contribution >= 0.6 is 0 Å². The molecular weight excluding hydrogens is 174 g/mol. The third kappa shape index (κ3) is 1.28. The van der Waals surface area contributed by atoms with Crippen LogP contribution in [0.15, 0.2) is 29.1 Å². The highest BCUT2D eigenvalue weighted by Gasteiger charge is 2.13. The van der Waals surface area contributed by atoms with Crippen LogP contribution in [0.4, 0.5) is 5.88 Å². The monoisotopic (exact) mass is 179 g/mol. The fourth-order valence-electron chi connectivity index (χ4n) is 0.961. The Morgan fingerprint density at radius 3 is 2.92 bits per heavy atom. The van der Waals surface area contributed by atoms with Gasteiger partial charge in [-0.3, -0.25) is 10.1 Å². The highest BCUT2D eigenvalue weighted by molar-refractivity contribution is 5.52. The van der Waals surface area contributed by atoms with Crippen LogP contribution in [0.3, 0.4) is 0 Å². The molecule has 1 N–H and O–H groups in total. The molecule has 0 aliphatic rings. The molecule has 0 atom stereocenters. The van der Waals surface area contributed by atoms with E-state index in [0.29, 0.717) is 11.5 Å². The largest absolute Gasteiger partial charge is 0.433 e. The molecule has 0 unspecified atom stereocenters. The van der Waals surface area contributed by atoms with Crippen molar-refractivity contribution >= 4 is 5.88 Å². The first kappa shape index (κ1) is 7.53. The molecule has 2 rings (SSSR count). The van der Waals surface area contributed by atoms with Gasteiger partial charge in [-0.05, 0) is 6.07 Å². The number of aromatic amines is 1. The normalized spacial score (nSPS) is 10.2. The van der Waals surface area contributed by atoms with Crippen LogP contribution in [0, 0.1) is 10.1 Å². The third-order valence-corrected chi connectivity index (χ3v) is 1.54. The van der Waals surface area contributed by atoms with Crippen LogP contribution < -0.4 is 0 Å². The molecule has 0 fully saturated rings. The summed E-state index contributed by atoms with van der Waals surface area (Å²) in [5.74, 6) is 0.133. The number of H-pyrrole nitrogens is 1. The highest BCUT2D eigenvalue weighted by Crippen LogP contribution is 2.23. The van der Waals surface area contributed by atoms with Gasteiger partial charge < -0.3 is 9.40 Å². The van der Waals surface area contributed by atoms with Crippen LogP contribution in [0.1, 0.15) is 0 Å². The molecule has 2 aromatic rings. The molecule has 0 aliphatic carbocycles. The van der Waals surface area contributed by atoms with E-state index in [1.807, 2.05) is 0 Å². The zero-order valence-corrected chi connectivity index (χ0v) is 6.43. The number of imidazole rings is 1. The number of nitro groups is 1. The second kappa shape index (κ2) is 2.74. The number of nitrogens with one attached hydrogen (secondary N) is 1. The minimum atomic E-state index is -0.583. The lowest BCUT2D eigenvalue weighted by atomic mass is 10.4. The molecule has 0 radical (unpaired) electrons. The predicted octanol–water partition coefficient (Wildman–Crippen LogP) is 1.58. The van der Waals surface area contributed by atoms with Crippen molar-refractivity contribution in [2.45, 2.75) is 0 Å². The summed E-state index contributed by atoms with van der Waals surface area (Å²) in [6.07, 6.45) is 3.01. The molecule has 0 saturated carbocycles. The van der Waals surface area contributed by atoms with Crippen molar-refractivity contribution in [2.75, 3.05) is 0 Å². The molecule has 0 spiro atoms. The van der Waals surface area contributed by atoms with E-state index < -0.39 is 4.92 Å². The first-order chi connectivity index (χ1) is 6.27. The molecule has 0 bridgehead atoms. The SMILES string of the molecule is O=[N+]([O-])c1ccc(-c2cnc[nH]2)o1. The van der Waals surface area contributed by atoms with E-state index in [-0.39, 0.29) is 5.88 Å². The number of hydrogen-bond donors (Lipinski definition) is 1. The van der Waals surface area contributed by atoms with Gasteiger partial charge in [-0.1, -0.05) is 0 Å². The summed E-state index contributed by atoms with van der Waals surface area (Å²) in [5.41, 5.74) is 0.619. The average Bonchev–Trinajstić information content (AvgIpc) is 2.75. The fraction of sp³-hybridized carbons (Fsp3) is 0. The summed E-state index contributed by atoms with van der Waals surface area (Å²) in [6, 6.07) is 2.82. The summed E-state index contributed by atoms with van der Waals surface area (Å²) >= 11 is 0. The van der Waals surface area contributed by atoms with Gasteiger partial charge in [0.15, 0.2) is 5.76 Å². The first-order valence-electron chi connectivity index (χ1n) is 3.50. The van der Waals surface area contributed by atoms with Gasteiger partial charge in [-0.2, -0.15) is 0 Å². The Hall–Kier alpha value is -2.11. The topological polar surface area (TPSA) is 85.0 Å². The first-order valence-corrected chi connectivity index (χ1v) is 3.50. The van der Waals surface area contributed by atoms with Gasteiger partial charge in [-0.15, -0.1) is 0 Å². The zero-order chi connectivity index (χ0) is 9.26. The van der Waals surface area contributed by atoms with Gasteiger partial charge in [-0.25, -0.2) is 4.98 Å². The summed E-state index contributed by atoms with van der Waals surface area (Å²) in [4.78, 5) is 16.2. The summed E-state index contributed by atoms with van der Waals surface area (Å²) in [6.45, 7) is 0. The van der Waals surface area contributed by atoms with Crippen molar-refractivity contribution in [1.29, 1.82) is 0 Å². The Balaban J connectivity index is 2.39. The number of nitrogens with zero attached hydrogens (tertiary/aromatic N) is 2. The molecule has 66 valence electrons. The van der Waals surface area contributed by atoms with Gasteiger partial charge in [0.2, 0.25) is 0 Å². The second-order valence-electron chi connectivity index (χ2n) is 2.36. The molecule has 6 heteroatoms. The van der Waals surface area contributed by atoms with Crippen molar-refractivity contribution in [3.63, 3.8) is 0 Å². The molecule has 2 aromatic heterocycles. The molecule has 0 aliphatic heterocycles. The summed E-state index contributed by atoms with van der Waals surface area (Å²) in [7, 11) is 0. The van der Waals surface area contributed by atoms with Gasteiger partial charge in [0.05, 0.1) is 18.6 Å². The zero-order valence-electron chi connectivity index (χ0n) is 6.43. The Labute approximate surface area is 72.4 Å². The minimum absolute atomic E-state index is 0.274. The number of rotatable bonds is 2. The smallest absolute Gasteiger partial charge is 0.399 e. The van der Waals surface area contributed by atoms with Crippen LogP contribution in [-0.4, -0.2) is 14.9 Å². The summed E-state index contributed by atoms with van der Waals surface area (Å²) in [5, 5.41) is 10.3. The minimum Gasteiger partial charge on any atom is -0.399 e. The van der Waals surface area contributed by atoms with E-state index in [2.05, 4.69) is 9.97 Å². The molecule has 0 amide bonds. The Morgan fingerprint density at radius 1 is 1.54 bits per heavy atom. The van der Waals surface area contributed by atoms with E-state index in [4.69, 9.17) is 4.42 Å². The lowest BCUT2D eigenvalue weighted by molar-refractivity contribution is -0.401. The molecular formula is C7H5N3O3. The van der Waals surface area contributed by atoms with E-state index in [1.165, 1.54) is 24.7 Å². The van der Waals surface area contributed by atoms with Crippen LogP contribution in [0.2, 0.25) is 0 Å². The Morgan fingerprint density at radius 2 is 2.38 bits per heavy atom. The van der Waals surface area contributed by atoms with Crippen LogP contribution in [-0.2, 0) is 0 Å². The van der Waals surface area contributed by atoms with Crippen LogP contribution in [0.25, 0.3) is 11.5 Å². The molecule has 13 heavy (non-hydrogen) atoms. The quantitative estimate of drug-likeness (QED) is 0.560. The highest BCUT2D eigenvalue weighted by atomic mass is 16.6. The molecule has 6 nitrogen and oxygen atoms in total. The lowest BCUT2D eigenvalue weighted by Crippen LogP contribution is -1.82. The fourth-order valence-corrected chi connectivity index (χ4v) is 0.961. The number of furan rings is 1. The van der Waals surface area contributed by atoms with Crippen molar-refractivity contribution in [3.8, 4) is 11.5 Å². The third-order valence-electron chi connectivity index (χ3n) is 1.54. The maximum absolute atomic E-state index is 10.3. The van der Waals surface area contributed by atoms with E-state index in [9.17, 15) is 10.1 Å². The number of aromatic nitrogens is 2. The molecule has 0 aromatic carbocycles. The molecule has 0 saturated heterocycles. The number of hydrogen-bond acceptors (Lipinski definition) is 4. The predicted molar refractivity (Wildman–Crippen MR) is 42.9 cm³/mol. The molecule has 2 heterocycles. The lowest BCUT2D eigenvalue weighted by Gasteiger charge is -1.86. The maximum Gasteiger partial charge on any atom is 0.433 e. The standard InChI is InChI=1S/C7H5N3O3/c11-10(12)7-2-1-6(13-7)5-3-8-4-9-5/h1-4H,(H,8,9). The summed E-state index contributed by atoms with van der Waals surface area (Å²) < 4.78 is 4.92. The van der Waals surface area contributed by atoms with E-state index in [1.54, 1.807) is 0 Å².